The second-order valence-electron chi connectivity index (χ2n) is 4.09. The zero-order valence-corrected chi connectivity index (χ0v) is 11.0. The zero-order valence-electron chi connectivity index (χ0n) is 11.0. The van der Waals surface area contributed by atoms with Crippen LogP contribution in [0.1, 0.15) is 17.2 Å². The van der Waals surface area contributed by atoms with Crippen molar-refractivity contribution >= 4 is 0 Å². The Bertz CT molecular complexity index is 528. The van der Waals surface area contributed by atoms with E-state index in [2.05, 4.69) is 5.48 Å². The molecule has 0 fully saturated rings. The van der Waals surface area contributed by atoms with Crippen molar-refractivity contribution in [3.05, 3.63) is 59.7 Å². The number of phenols is 1. The van der Waals surface area contributed by atoms with Crippen molar-refractivity contribution in [2.75, 3.05) is 14.2 Å². The van der Waals surface area contributed by atoms with Crippen LogP contribution in [0.2, 0.25) is 0 Å². The Morgan fingerprint density at radius 2 is 1.79 bits per heavy atom. The van der Waals surface area contributed by atoms with Gasteiger partial charge in [0.25, 0.3) is 0 Å². The van der Waals surface area contributed by atoms with Crippen LogP contribution in [0, 0.1) is 0 Å². The number of ether oxygens (including phenoxy) is 1. The summed E-state index contributed by atoms with van der Waals surface area (Å²) in [6.07, 6.45) is 0. The lowest BCUT2D eigenvalue weighted by Gasteiger charge is -2.19. The van der Waals surface area contributed by atoms with E-state index in [-0.39, 0.29) is 11.8 Å². The van der Waals surface area contributed by atoms with Crippen molar-refractivity contribution < 1.29 is 14.7 Å². The minimum Gasteiger partial charge on any atom is -0.507 e. The number of hydroxylamine groups is 1. The average Bonchev–Trinajstić information content (AvgIpc) is 2.46. The lowest BCUT2D eigenvalue weighted by molar-refractivity contribution is 0.0709. The molecule has 19 heavy (non-hydrogen) atoms. The number of nitrogens with one attached hydrogen (secondary N) is 1. The van der Waals surface area contributed by atoms with Crippen molar-refractivity contribution in [1.29, 1.82) is 0 Å². The summed E-state index contributed by atoms with van der Waals surface area (Å²) >= 11 is 0. The fourth-order valence-corrected chi connectivity index (χ4v) is 1.97. The molecular formula is C15H17NO3. The van der Waals surface area contributed by atoms with Gasteiger partial charge in [-0.1, -0.05) is 30.3 Å². The molecule has 0 aliphatic rings. The van der Waals surface area contributed by atoms with E-state index in [1.807, 2.05) is 42.5 Å². The third kappa shape index (κ3) is 3.05. The Kier molecular flexibility index (Phi) is 4.39. The summed E-state index contributed by atoms with van der Waals surface area (Å²) in [6.45, 7) is 0. The number of rotatable bonds is 5. The van der Waals surface area contributed by atoms with Crippen molar-refractivity contribution in [3.8, 4) is 11.5 Å². The van der Waals surface area contributed by atoms with Crippen LogP contribution >= 0.6 is 0 Å². The number of methoxy groups -OCH3 is 1. The molecule has 4 nitrogen and oxygen atoms in total. The summed E-state index contributed by atoms with van der Waals surface area (Å²) in [4.78, 5) is 5.03. The first kappa shape index (κ1) is 13.4. The number of hydrogen-bond donors (Lipinski definition) is 2. The lowest BCUT2D eigenvalue weighted by atomic mass is 9.98. The van der Waals surface area contributed by atoms with E-state index in [9.17, 15) is 5.11 Å². The van der Waals surface area contributed by atoms with Crippen molar-refractivity contribution in [2.24, 2.45) is 0 Å². The molecule has 0 saturated heterocycles. The molecular weight excluding hydrogens is 242 g/mol. The fourth-order valence-electron chi connectivity index (χ4n) is 1.97. The van der Waals surface area contributed by atoms with Crippen LogP contribution in [-0.4, -0.2) is 19.3 Å². The second kappa shape index (κ2) is 6.22. The molecule has 2 N–H and O–H groups in total. The number of benzene rings is 2. The summed E-state index contributed by atoms with van der Waals surface area (Å²) in [5.74, 6) is 0.781. The molecule has 4 heteroatoms. The number of hydrogen-bond acceptors (Lipinski definition) is 4. The van der Waals surface area contributed by atoms with Gasteiger partial charge in [-0.25, -0.2) is 0 Å². The van der Waals surface area contributed by atoms with Crippen LogP contribution in [0.3, 0.4) is 0 Å². The fraction of sp³-hybridized carbons (Fsp3) is 0.200. The second-order valence-corrected chi connectivity index (χ2v) is 4.09. The van der Waals surface area contributed by atoms with Gasteiger partial charge in [0.15, 0.2) is 0 Å². The van der Waals surface area contributed by atoms with E-state index in [4.69, 9.17) is 9.57 Å². The zero-order chi connectivity index (χ0) is 13.7. The first-order valence-electron chi connectivity index (χ1n) is 5.96. The Morgan fingerprint density at radius 1 is 1.05 bits per heavy atom. The smallest absolute Gasteiger partial charge is 0.124 e. The summed E-state index contributed by atoms with van der Waals surface area (Å²) in [6, 6.07) is 14.8. The molecule has 1 atom stereocenters. The highest BCUT2D eigenvalue weighted by Gasteiger charge is 2.17. The van der Waals surface area contributed by atoms with Crippen LogP contribution in [0.15, 0.2) is 48.5 Å². The Balaban J connectivity index is 2.39. The molecule has 0 aliphatic carbocycles. The van der Waals surface area contributed by atoms with Gasteiger partial charge in [0, 0.05) is 11.6 Å². The SMILES string of the molecule is CONC(c1ccccc1)c1ccc(OC)cc1O. The van der Waals surface area contributed by atoms with E-state index >= 15 is 0 Å². The molecule has 0 heterocycles. The highest BCUT2D eigenvalue weighted by atomic mass is 16.6. The minimum atomic E-state index is -0.239. The molecule has 2 aromatic rings. The highest BCUT2D eigenvalue weighted by molar-refractivity contribution is 5.45. The maximum absolute atomic E-state index is 10.1. The van der Waals surface area contributed by atoms with E-state index < -0.39 is 0 Å². The van der Waals surface area contributed by atoms with Gasteiger partial charge in [-0.2, -0.15) is 5.48 Å². The topological polar surface area (TPSA) is 50.7 Å². The van der Waals surface area contributed by atoms with Crippen molar-refractivity contribution in [1.82, 2.24) is 5.48 Å². The summed E-state index contributed by atoms with van der Waals surface area (Å²) < 4.78 is 5.08. The Labute approximate surface area is 112 Å². The third-order valence-corrected chi connectivity index (χ3v) is 2.92. The molecule has 2 rings (SSSR count). The summed E-state index contributed by atoms with van der Waals surface area (Å²) in [5, 5.41) is 10.1. The standard InChI is InChI=1S/C15H17NO3/c1-18-12-8-9-13(14(17)10-12)15(16-19-2)11-6-4-3-5-7-11/h3-10,15-17H,1-2H3. The predicted octanol–water partition coefficient (Wildman–Crippen LogP) is 2.64. The first-order valence-corrected chi connectivity index (χ1v) is 5.96. The molecule has 100 valence electrons. The first-order chi connectivity index (χ1) is 9.26. The summed E-state index contributed by atoms with van der Waals surface area (Å²) in [7, 11) is 3.12. The number of aromatic hydroxyl groups is 1. The predicted molar refractivity (Wildman–Crippen MR) is 73.1 cm³/mol. The lowest BCUT2D eigenvalue weighted by Crippen LogP contribution is -2.21. The van der Waals surface area contributed by atoms with Crippen LogP contribution in [0.4, 0.5) is 0 Å². The molecule has 0 spiro atoms. The average molecular weight is 259 g/mol. The van der Waals surface area contributed by atoms with E-state index in [0.717, 1.165) is 11.1 Å². The van der Waals surface area contributed by atoms with Gasteiger partial charge in [0.1, 0.15) is 11.5 Å². The quantitative estimate of drug-likeness (QED) is 0.810. The van der Waals surface area contributed by atoms with E-state index in [0.29, 0.717) is 5.75 Å². The molecule has 0 bridgehead atoms. The van der Waals surface area contributed by atoms with E-state index in [1.54, 1.807) is 20.3 Å². The van der Waals surface area contributed by atoms with Gasteiger partial charge in [-0.15, -0.1) is 0 Å². The van der Waals surface area contributed by atoms with Gasteiger partial charge in [0.2, 0.25) is 0 Å². The molecule has 0 aliphatic heterocycles. The van der Waals surface area contributed by atoms with Crippen LogP contribution in [0.5, 0.6) is 11.5 Å². The largest absolute Gasteiger partial charge is 0.507 e. The Morgan fingerprint density at radius 3 is 2.37 bits per heavy atom. The van der Waals surface area contributed by atoms with Gasteiger partial charge in [0.05, 0.1) is 20.3 Å². The Hall–Kier alpha value is -2.04. The normalized spacial score (nSPS) is 12.1. The molecule has 0 saturated carbocycles. The van der Waals surface area contributed by atoms with Gasteiger partial charge >= 0.3 is 0 Å². The minimum absolute atomic E-state index is 0.165. The van der Waals surface area contributed by atoms with Crippen molar-refractivity contribution in [3.63, 3.8) is 0 Å². The summed E-state index contributed by atoms with van der Waals surface area (Å²) in [5.41, 5.74) is 4.63. The maximum Gasteiger partial charge on any atom is 0.124 e. The number of phenolic OH excluding ortho intramolecular Hbond substituents is 1. The van der Waals surface area contributed by atoms with Crippen LogP contribution < -0.4 is 10.2 Å². The van der Waals surface area contributed by atoms with Gasteiger partial charge < -0.3 is 14.7 Å². The van der Waals surface area contributed by atoms with Gasteiger partial charge in [-0.3, -0.25) is 0 Å². The molecule has 0 radical (unpaired) electrons. The molecule has 0 aromatic heterocycles. The van der Waals surface area contributed by atoms with Crippen LogP contribution in [-0.2, 0) is 4.84 Å². The molecule has 2 aromatic carbocycles. The molecule has 0 amide bonds. The highest BCUT2D eigenvalue weighted by Crippen LogP contribution is 2.32. The maximum atomic E-state index is 10.1. The van der Waals surface area contributed by atoms with Crippen LogP contribution in [0.25, 0.3) is 0 Å². The van der Waals surface area contributed by atoms with Crippen molar-refractivity contribution in [2.45, 2.75) is 6.04 Å². The van der Waals surface area contributed by atoms with E-state index in [1.165, 1.54) is 0 Å². The van der Waals surface area contributed by atoms with Gasteiger partial charge in [-0.05, 0) is 17.7 Å². The molecule has 1 unspecified atom stereocenters. The third-order valence-electron chi connectivity index (χ3n) is 2.92. The monoisotopic (exact) mass is 259 g/mol.